The van der Waals surface area contributed by atoms with E-state index in [4.69, 9.17) is 0 Å². The summed E-state index contributed by atoms with van der Waals surface area (Å²) >= 11 is 4.27. The smallest absolute Gasteiger partial charge is 0.180 e. The molecule has 19 heavy (non-hydrogen) atoms. The zero-order chi connectivity index (χ0) is 13.8. The average Bonchev–Trinajstić information content (AvgIpc) is 2.84. The lowest BCUT2D eigenvalue weighted by Crippen LogP contribution is -2.06. The number of aromatic nitrogens is 2. The number of Topliss-reactive ketones (excluding diaryl/α,β-unsaturated/α-hetero) is 1. The number of nitrogens with zero attached hydrogens (tertiary/aromatic N) is 2. The lowest BCUT2D eigenvalue weighted by atomic mass is 10.1. The number of carbonyl (C=O) groups is 1. The fourth-order valence-corrected chi connectivity index (χ4v) is 2.81. The standard InChI is InChI=1S/C13H12BrFN2OS/c1-2-4-10-13(19-17-16-10)11(18)7-8-5-3-6-9(15)12(8)14/h3,5-6H,2,4,7H2,1H3. The molecule has 0 atom stereocenters. The molecule has 0 radical (unpaired) electrons. The third-order valence-corrected chi connectivity index (χ3v) is 4.38. The number of hydrogen-bond acceptors (Lipinski definition) is 4. The van der Waals surface area contributed by atoms with E-state index in [1.54, 1.807) is 12.1 Å². The van der Waals surface area contributed by atoms with Crippen LogP contribution < -0.4 is 0 Å². The Morgan fingerprint density at radius 3 is 3.00 bits per heavy atom. The van der Waals surface area contributed by atoms with Crippen molar-refractivity contribution in [3.8, 4) is 0 Å². The van der Waals surface area contributed by atoms with Crippen molar-refractivity contribution < 1.29 is 9.18 Å². The highest BCUT2D eigenvalue weighted by Gasteiger charge is 2.17. The molecule has 0 aliphatic rings. The van der Waals surface area contributed by atoms with Gasteiger partial charge in [0.15, 0.2) is 5.78 Å². The molecule has 1 aromatic carbocycles. The first-order chi connectivity index (χ1) is 9.13. The van der Waals surface area contributed by atoms with Crippen LogP contribution in [-0.2, 0) is 12.8 Å². The van der Waals surface area contributed by atoms with Crippen LogP contribution in [0.5, 0.6) is 0 Å². The van der Waals surface area contributed by atoms with E-state index in [1.807, 2.05) is 6.92 Å². The lowest BCUT2D eigenvalue weighted by Gasteiger charge is -2.04. The molecule has 2 rings (SSSR count). The Kier molecular flexibility index (Phi) is 4.76. The molecular formula is C13H12BrFN2OS. The van der Waals surface area contributed by atoms with Crippen molar-refractivity contribution in [2.24, 2.45) is 0 Å². The van der Waals surface area contributed by atoms with Crippen LogP contribution in [-0.4, -0.2) is 15.4 Å². The molecule has 1 aromatic heterocycles. The zero-order valence-electron chi connectivity index (χ0n) is 10.3. The molecule has 0 saturated carbocycles. The third kappa shape index (κ3) is 3.25. The van der Waals surface area contributed by atoms with Crippen LogP contribution in [0.3, 0.4) is 0 Å². The minimum absolute atomic E-state index is 0.0650. The van der Waals surface area contributed by atoms with Crippen LogP contribution in [0.25, 0.3) is 0 Å². The van der Waals surface area contributed by atoms with Crippen LogP contribution in [0.4, 0.5) is 4.39 Å². The van der Waals surface area contributed by atoms with E-state index in [-0.39, 0.29) is 18.0 Å². The molecule has 0 fully saturated rings. The van der Waals surface area contributed by atoms with Gasteiger partial charge in [-0.1, -0.05) is 30.0 Å². The summed E-state index contributed by atoms with van der Waals surface area (Å²) in [7, 11) is 0. The van der Waals surface area contributed by atoms with Gasteiger partial charge in [0.05, 0.1) is 10.2 Å². The maximum absolute atomic E-state index is 13.4. The number of rotatable bonds is 5. The fourth-order valence-electron chi connectivity index (χ4n) is 1.76. The highest BCUT2D eigenvalue weighted by atomic mass is 79.9. The molecule has 3 nitrogen and oxygen atoms in total. The summed E-state index contributed by atoms with van der Waals surface area (Å²) in [5, 5.41) is 3.97. The van der Waals surface area contributed by atoms with Gasteiger partial charge in [-0.3, -0.25) is 4.79 Å². The monoisotopic (exact) mass is 342 g/mol. The summed E-state index contributed by atoms with van der Waals surface area (Å²) in [6, 6.07) is 4.69. The molecule has 0 aliphatic carbocycles. The van der Waals surface area contributed by atoms with Crippen molar-refractivity contribution in [1.29, 1.82) is 0 Å². The van der Waals surface area contributed by atoms with Gasteiger partial charge in [-0.2, -0.15) is 0 Å². The van der Waals surface area contributed by atoms with Gasteiger partial charge in [-0.15, -0.1) is 5.10 Å². The summed E-state index contributed by atoms with van der Waals surface area (Å²) in [6.45, 7) is 2.02. The maximum atomic E-state index is 13.4. The Hall–Kier alpha value is -1.14. The fraction of sp³-hybridized carbons (Fsp3) is 0.308. The second-order valence-corrected chi connectivity index (χ2v) is 5.66. The topological polar surface area (TPSA) is 42.9 Å². The van der Waals surface area contributed by atoms with E-state index < -0.39 is 0 Å². The van der Waals surface area contributed by atoms with Gasteiger partial charge in [-0.25, -0.2) is 4.39 Å². The van der Waals surface area contributed by atoms with E-state index in [1.165, 1.54) is 6.07 Å². The van der Waals surface area contributed by atoms with E-state index in [9.17, 15) is 9.18 Å². The number of benzene rings is 1. The summed E-state index contributed by atoms with van der Waals surface area (Å²) in [6.07, 6.45) is 1.80. The Morgan fingerprint density at radius 2 is 2.26 bits per heavy atom. The predicted octanol–water partition coefficient (Wildman–Crippen LogP) is 3.82. The van der Waals surface area contributed by atoms with E-state index >= 15 is 0 Å². The van der Waals surface area contributed by atoms with Crippen molar-refractivity contribution in [1.82, 2.24) is 9.59 Å². The maximum Gasteiger partial charge on any atom is 0.180 e. The van der Waals surface area contributed by atoms with Gasteiger partial charge in [0, 0.05) is 6.42 Å². The molecule has 0 amide bonds. The highest BCUT2D eigenvalue weighted by Crippen LogP contribution is 2.23. The second kappa shape index (κ2) is 6.34. The van der Waals surface area contributed by atoms with Crippen molar-refractivity contribution in [3.63, 3.8) is 0 Å². The number of carbonyl (C=O) groups excluding carboxylic acids is 1. The molecule has 0 saturated heterocycles. The van der Waals surface area contributed by atoms with Crippen LogP contribution in [0.2, 0.25) is 0 Å². The van der Waals surface area contributed by atoms with Crippen LogP contribution >= 0.6 is 27.5 Å². The summed E-state index contributed by atoms with van der Waals surface area (Å²) in [5.74, 6) is -0.425. The van der Waals surface area contributed by atoms with Gasteiger partial charge >= 0.3 is 0 Å². The quantitative estimate of drug-likeness (QED) is 0.775. The number of ketones is 1. The summed E-state index contributed by atoms with van der Waals surface area (Å²) in [5.41, 5.74) is 1.38. The first kappa shape index (κ1) is 14.3. The highest BCUT2D eigenvalue weighted by molar-refractivity contribution is 9.10. The average molecular weight is 343 g/mol. The Bertz CT molecular complexity index is 600. The molecule has 0 spiro atoms. The molecule has 100 valence electrons. The van der Waals surface area contributed by atoms with Gasteiger partial charge in [0.1, 0.15) is 10.7 Å². The number of hydrogen-bond donors (Lipinski definition) is 0. The Labute approximate surface area is 123 Å². The molecule has 0 aliphatic heterocycles. The predicted molar refractivity (Wildman–Crippen MR) is 76.0 cm³/mol. The van der Waals surface area contributed by atoms with E-state index in [0.717, 1.165) is 30.1 Å². The first-order valence-electron chi connectivity index (χ1n) is 5.90. The van der Waals surface area contributed by atoms with E-state index in [0.29, 0.717) is 14.9 Å². The van der Waals surface area contributed by atoms with Crippen LogP contribution in [0.15, 0.2) is 22.7 Å². The second-order valence-electron chi connectivity index (χ2n) is 4.11. The van der Waals surface area contributed by atoms with E-state index in [2.05, 4.69) is 25.5 Å². The number of halogens is 2. The molecule has 0 N–H and O–H groups in total. The van der Waals surface area contributed by atoms with Crippen molar-refractivity contribution in [2.45, 2.75) is 26.2 Å². The molecule has 0 bridgehead atoms. The van der Waals surface area contributed by atoms with Gasteiger partial charge < -0.3 is 0 Å². The lowest BCUT2D eigenvalue weighted by molar-refractivity contribution is 0.0995. The third-order valence-electron chi connectivity index (χ3n) is 2.68. The summed E-state index contributed by atoms with van der Waals surface area (Å²) < 4.78 is 17.6. The largest absolute Gasteiger partial charge is 0.293 e. The van der Waals surface area contributed by atoms with Crippen molar-refractivity contribution in [2.75, 3.05) is 0 Å². The van der Waals surface area contributed by atoms with Crippen LogP contribution in [0, 0.1) is 5.82 Å². The number of aryl methyl sites for hydroxylation is 1. The SMILES string of the molecule is CCCc1nnsc1C(=O)Cc1cccc(F)c1Br. The molecule has 0 unspecified atom stereocenters. The molecule has 2 aromatic rings. The Morgan fingerprint density at radius 1 is 1.47 bits per heavy atom. The zero-order valence-corrected chi connectivity index (χ0v) is 12.7. The first-order valence-corrected chi connectivity index (χ1v) is 7.47. The van der Waals surface area contributed by atoms with Gasteiger partial charge in [-0.05, 0) is 45.5 Å². The van der Waals surface area contributed by atoms with Crippen molar-refractivity contribution in [3.05, 3.63) is 44.6 Å². The molecule has 1 heterocycles. The van der Waals surface area contributed by atoms with Crippen LogP contribution in [0.1, 0.15) is 34.3 Å². The molecule has 6 heteroatoms. The molecular weight excluding hydrogens is 331 g/mol. The Balaban J connectivity index is 2.21. The van der Waals surface area contributed by atoms with Crippen molar-refractivity contribution >= 4 is 33.2 Å². The normalized spacial score (nSPS) is 10.7. The van der Waals surface area contributed by atoms with Gasteiger partial charge in [0.25, 0.3) is 0 Å². The minimum Gasteiger partial charge on any atom is -0.293 e. The van der Waals surface area contributed by atoms with Gasteiger partial charge in [0.2, 0.25) is 0 Å². The summed E-state index contributed by atoms with van der Waals surface area (Å²) in [4.78, 5) is 12.8. The minimum atomic E-state index is -0.360.